The Hall–Kier alpha value is -1.13. The van der Waals surface area contributed by atoms with Crippen molar-refractivity contribution in [3.63, 3.8) is 0 Å². The van der Waals surface area contributed by atoms with Gasteiger partial charge >= 0.3 is 0 Å². The smallest absolute Gasteiger partial charge is 0.219 e. The van der Waals surface area contributed by atoms with Gasteiger partial charge in [-0.2, -0.15) is 0 Å². The van der Waals surface area contributed by atoms with Crippen LogP contribution in [0.4, 0.5) is 0 Å². The van der Waals surface area contributed by atoms with E-state index in [1.807, 2.05) is 30.3 Å². The summed E-state index contributed by atoms with van der Waals surface area (Å²) < 4.78 is 0. The topological polar surface area (TPSA) is 60.2 Å². The second-order valence-electron chi connectivity index (χ2n) is 4.04. The molecule has 0 aromatic heterocycles. The molecular formula is C14H19NO2S. The Labute approximate surface area is 112 Å². The number of hydrogen-bond donors (Lipinski definition) is 1. The number of ketones is 1. The van der Waals surface area contributed by atoms with E-state index < -0.39 is 0 Å². The third kappa shape index (κ3) is 5.98. The Morgan fingerprint density at radius 1 is 1.06 bits per heavy atom. The van der Waals surface area contributed by atoms with E-state index in [1.54, 1.807) is 0 Å². The fraction of sp³-hybridized carbons (Fsp3) is 0.429. The molecule has 98 valence electrons. The van der Waals surface area contributed by atoms with Gasteiger partial charge in [-0.3, -0.25) is 9.59 Å². The van der Waals surface area contributed by atoms with Gasteiger partial charge in [-0.1, -0.05) is 42.1 Å². The molecule has 1 rings (SSSR count). The van der Waals surface area contributed by atoms with Crippen molar-refractivity contribution in [3.05, 3.63) is 35.9 Å². The molecule has 1 aromatic carbocycles. The van der Waals surface area contributed by atoms with Crippen LogP contribution in [0.15, 0.2) is 30.3 Å². The van der Waals surface area contributed by atoms with Crippen LogP contribution in [0.2, 0.25) is 0 Å². The number of thioether (sulfide) groups is 1. The monoisotopic (exact) mass is 265 g/mol. The maximum atomic E-state index is 11.7. The van der Waals surface area contributed by atoms with Crippen molar-refractivity contribution in [1.29, 1.82) is 0 Å². The molecule has 0 unspecified atom stereocenters. The predicted molar refractivity (Wildman–Crippen MR) is 75.8 cm³/mol. The third-order valence-electron chi connectivity index (χ3n) is 2.50. The summed E-state index contributed by atoms with van der Waals surface area (Å²) in [6, 6.07) is 9.20. The zero-order valence-electron chi connectivity index (χ0n) is 10.4. The van der Waals surface area contributed by atoms with Crippen LogP contribution in [0.5, 0.6) is 0 Å². The SMILES string of the molecule is NCCCC(=O)CCCSC(=O)c1ccccc1. The molecule has 0 aliphatic heterocycles. The van der Waals surface area contributed by atoms with Gasteiger partial charge in [-0.15, -0.1) is 0 Å². The normalized spacial score (nSPS) is 10.3. The number of carbonyl (C=O) groups excluding carboxylic acids is 2. The van der Waals surface area contributed by atoms with Gasteiger partial charge in [0.1, 0.15) is 5.78 Å². The van der Waals surface area contributed by atoms with Crippen LogP contribution in [0.1, 0.15) is 36.0 Å². The zero-order chi connectivity index (χ0) is 13.2. The van der Waals surface area contributed by atoms with Crippen molar-refractivity contribution in [2.45, 2.75) is 25.7 Å². The third-order valence-corrected chi connectivity index (χ3v) is 3.49. The van der Waals surface area contributed by atoms with Gasteiger partial charge in [0.25, 0.3) is 0 Å². The fourth-order valence-corrected chi connectivity index (χ4v) is 2.29. The maximum absolute atomic E-state index is 11.7. The van der Waals surface area contributed by atoms with Gasteiger partial charge in [-0.25, -0.2) is 0 Å². The van der Waals surface area contributed by atoms with Crippen molar-refractivity contribution in [3.8, 4) is 0 Å². The second-order valence-corrected chi connectivity index (χ2v) is 5.10. The van der Waals surface area contributed by atoms with Crippen molar-refractivity contribution in [1.82, 2.24) is 0 Å². The van der Waals surface area contributed by atoms with Gasteiger partial charge < -0.3 is 5.73 Å². The van der Waals surface area contributed by atoms with Crippen LogP contribution < -0.4 is 5.73 Å². The van der Waals surface area contributed by atoms with Crippen LogP contribution in [0.25, 0.3) is 0 Å². The first-order valence-corrected chi connectivity index (χ1v) is 7.16. The summed E-state index contributed by atoms with van der Waals surface area (Å²) in [7, 11) is 0. The van der Waals surface area contributed by atoms with Crippen molar-refractivity contribution < 1.29 is 9.59 Å². The molecule has 0 atom stereocenters. The first kappa shape index (κ1) is 14.9. The lowest BCUT2D eigenvalue weighted by Crippen LogP contribution is -2.05. The average molecular weight is 265 g/mol. The van der Waals surface area contributed by atoms with Crippen molar-refractivity contribution >= 4 is 22.7 Å². The molecule has 0 aliphatic carbocycles. The van der Waals surface area contributed by atoms with E-state index >= 15 is 0 Å². The molecular weight excluding hydrogens is 246 g/mol. The van der Waals surface area contributed by atoms with Crippen LogP contribution >= 0.6 is 11.8 Å². The van der Waals surface area contributed by atoms with E-state index in [0.29, 0.717) is 25.1 Å². The molecule has 0 amide bonds. The minimum absolute atomic E-state index is 0.0741. The number of nitrogens with two attached hydrogens (primary N) is 1. The van der Waals surface area contributed by atoms with Crippen molar-refractivity contribution in [2.75, 3.05) is 12.3 Å². The fourth-order valence-electron chi connectivity index (χ4n) is 1.52. The summed E-state index contributed by atoms with van der Waals surface area (Å²) >= 11 is 1.28. The largest absolute Gasteiger partial charge is 0.330 e. The highest BCUT2D eigenvalue weighted by atomic mass is 32.2. The molecule has 0 heterocycles. The molecule has 4 heteroatoms. The Morgan fingerprint density at radius 2 is 1.72 bits per heavy atom. The van der Waals surface area contributed by atoms with Gasteiger partial charge in [-0.05, 0) is 19.4 Å². The highest BCUT2D eigenvalue weighted by Gasteiger charge is 2.06. The summed E-state index contributed by atoms with van der Waals surface area (Å²) in [4.78, 5) is 23.1. The number of hydrogen-bond acceptors (Lipinski definition) is 4. The molecule has 3 nitrogen and oxygen atoms in total. The van der Waals surface area contributed by atoms with Gasteiger partial charge in [0.2, 0.25) is 5.12 Å². The quantitative estimate of drug-likeness (QED) is 0.734. The van der Waals surface area contributed by atoms with E-state index in [2.05, 4.69) is 0 Å². The maximum Gasteiger partial charge on any atom is 0.219 e. The molecule has 0 spiro atoms. The Bertz CT molecular complexity index is 379. The molecule has 0 saturated carbocycles. The Kier molecular flexibility index (Phi) is 7.37. The Morgan fingerprint density at radius 3 is 2.39 bits per heavy atom. The summed E-state index contributed by atoms with van der Waals surface area (Å²) in [5, 5.41) is 0.0741. The van der Waals surface area contributed by atoms with Crippen molar-refractivity contribution in [2.24, 2.45) is 5.73 Å². The van der Waals surface area contributed by atoms with Gasteiger partial charge in [0, 0.05) is 24.2 Å². The molecule has 18 heavy (non-hydrogen) atoms. The molecule has 2 N–H and O–H groups in total. The summed E-state index contributed by atoms with van der Waals surface area (Å²) in [5.41, 5.74) is 6.05. The standard InChI is InChI=1S/C14H19NO2S/c15-10-4-8-13(16)9-5-11-18-14(17)12-6-2-1-3-7-12/h1-3,6-7H,4-5,8-11,15H2. The number of Topliss-reactive ketones (excluding diaryl/α,β-unsaturated/α-hetero) is 1. The van der Waals surface area contributed by atoms with Crippen LogP contribution in [-0.2, 0) is 4.79 Å². The van der Waals surface area contributed by atoms with E-state index in [4.69, 9.17) is 5.73 Å². The minimum atomic E-state index is 0.0741. The highest BCUT2D eigenvalue weighted by Crippen LogP contribution is 2.14. The predicted octanol–water partition coefficient (Wildman–Crippen LogP) is 2.65. The van der Waals surface area contributed by atoms with Gasteiger partial charge in [0.15, 0.2) is 0 Å². The average Bonchev–Trinajstić information content (AvgIpc) is 2.42. The number of benzene rings is 1. The molecule has 0 aliphatic rings. The molecule has 0 fully saturated rings. The van der Waals surface area contributed by atoms with E-state index in [0.717, 1.165) is 18.4 Å². The van der Waals surface area contributed by atoms with Crippen LogP contribution in [0, 0.1) is 0 Å². The first-order chi connectivity index (χ1) is 8.74. The zero-order valence-corrected chi connectivity index (χ0v) is 11.2. The summed E-state index contributed by atoms with van der Waals surface area (Å²) in [6.07, 6.45) is 2.63. The number of carbonyl (C=O) groups is 2. The van der Waals surface area contributed by atoms with Crippen LogP contribution in [-0.4, -0.2) is 23.2 Å². The van der Waals surface area contributed by atoms with Gasteiger partial charge in [0.05, 0.1) is 0 Å². The summed E-state index contributed by atoms with van der Waals surface area (Å²) in [6.45, 7) is 0.562. The van der Waals surface area contributed by atoms with E-state index in [1.165, 1.54) is 11.8 Å². The lowest BCUT2D eigenvalue weighted by atomic mass is 10.1. The number of rotatable bonds is 8. The molecule has 0 saturated heterocycles. The second kappa shape index (κ2) is 8.89. The first-order valence-electron chi connectivity index (χ1n) is 6.18. The lowest BCUT2D eigenvalue weighted by Gasteiger charge is -2.01. The van der Waals surface area contributed by atoms with Crippen LogP contribution in [0.3, 0.4) is 0 Å². The molecule has 0 radical (unpaired) electrons. The Balaban J connectivity index is 2.15. The molecule has 0 bridgehead atoms. The van der Waals surface area contributed by atoms with E-state index in [9.17, 15) is 9.59 Å². The molecule has 1 aromatic rings. The minimum Gasteiger partial charge on any atom is -0.330 e. The lowest BCUT2D eigenvalue weighted by molar-refractivity contribution is -0.119. The van der Waals surface area contributed by atoms with E-state index in [-0.39, 0.29) is 10.9 Å². The highest BCUT2D eigenvalue weighted by molar-refractivity contribution is 8.14. The summed E-state index contributed by atoms with van der Waals surface area (Å²) in [5.74, 6) is 0.940.